The van der Waals surface area contributed by atoms with E-state index in [0.29, 0.717) is 6.04 Å². The zero-order valence-electron chi connectivity index (χ0n) is 13.1. The summed E-state index contributed by atoms with van der Waals surface area (Å²) in [4.78, 5) is 6.64. The SMILES string of the molecule is CC1CNCCN1c1nnc(-c2ccccc2)c2cnccc12. The molecule has 23 heavy (non-hydrogen) atoms. The summed E-state index contributed by atoms with van der Waals surface area (Å²) in [5.41, 5.74) is 1.96. The smallest absolute Gasteiger partial charge is 0.159 e. The predicted octanol–water partition coefficient (Wildman–Crippen LogP) is 2.49. The normalized spacial score (nSPS) is 18.3. The lowest BCUT2D eigenvalue weighted by molar-refractivity contribution is 0.497. The first kappa shape index (κ1) is 14.1. The molecule has 4 rings (SSSR count). The van der Waals surface area contributed by atoms with Gasteiger partial charge in [0.1, 0.15) is 5.69 Å². The zero-order chi connectivity index (χ0) is 15.6. The van der Waals surface area contributed by atoms with Gasteiger partial charge in [-0.1, -0.05) is 30.3 Å². The van der Waals surface area contributed by atoms with E-state index in [1.165, 1.54) is 0 Å². The van der Waals surface area contributed by atoms with Gasteiger partial charge in [0, 0.05) is 54.4 Å². The molecule has 5 nitrogen and oxygen atoms in total. The summed E-state index contributed by atoms with van der Waals surface area (Å²) in [6.45, 7) is 5.09. The molecule has 1 aliphatic heterocycles. The van der Waals surface area contributed by atoms with Crippen molar-refractivity contribution >= 4 is 16.6 Å². The molecule has 0 aliphatic carbocycles. The number of piperazine rings is 1. The van der Waals surface area contributed by atoms with Gasteiger partial charge in [0.2, 0.25) is 0 Å². The topological polar surface area (TPSA) is 53.9 Å². The lowest BCUT2D eigenvalue weighted by atomic mass is 10.1. The van der Waals surface area contributed by atoms with Crippen molar-refractivity contribution in [2.24, 2.45) is 0 Å². The first-order valence-electron chi connectivity index (χ1n) is 7.98. The van der Waals surface area contributed by atoms with Crippen LogP contribution in [-0.4, -0.2) is 40.9 Å². The van der Waals surface area contributed by atoms with E-state index >= 15 is 0 Å². The van der Waals surface area contributed by atoms with E-state index in [2.05, 4.69) is 44.5 Å². The monoisotopic (exact) mass is 305 g/mol. The fraction of sp³-hybridized carbons (Fsp3) is 0.278. The van der Waals surface area contributed by atoms with E-state index in [9.17, 15) is 0 Å². The Bertz CT molecular complexity index is 818. The van der Waals surface area contributed by atoms with Crippen molar-refractivity contribution in [1.82, 2.24) is 20.5 Å². The highest BCUT2D eigenvalue weighted by Crippen LogP contribution is 2.31. The molecule has 0 amide bonds. The van der Waals surface area contributed by atoms with Crippen molar-refractivity contribution in [1.29, 1.82) is 0 Å². The molecule has 0 spiro atoms. The molecule has 0 saturated carbocycles. The number of nitrogens with zero attached hydrogens (tertiary/aromatic N) is 4. The Hall–Kier alpha value is -2.53. The molecule has 1 saturated heterocycles. The van der Waals surface area contributed by atoms with E-state index in [4.69, 9.17) is 0 Å². The van der Waals surface area contributed by atoms with E-state index in [1.54, 1.807) is 0 Å². The van der Waals surface area contributed by atoms with Gasteiger partial charge in [-0.2, -0.15) is 0 Å². The van der Waals surface area contributed by atoms with Gasteiger partial charge in [-0.05, 0) is 13.0 Å². The average Bonchev–Trinajstić information content (AvgIpc) is 2.62. The highest BCUT2D eigenvalue weighted by atomic mass is 15.3. The second-order valence-corrected chi connectivity index (χ2v) is 5.91. The Balaban J connectivity index is 1.89. The van der Waals surface area contributed by atoms with Crippen LogP contribution in [0.15, 0.2) is 48.8 Å². The van der Waals surface area contributed by atoms with Crippen LogP contribution in [0.3, 0.4) is 0 Å². The van der Waals surface area contributed by atoms with Crippen LogP contribution >= 0.6 is 0 Å². The molecule has 1 atom stereocenters. The summed E-state index contributed by atoms with van der Waals surface area (Å²) < 4.78 is 0. The Morgan fingerprint density at radius 1 is 1.09 bits per heavy atom. The highest BCUT2D eigenvalue weighted by molar-refractivity contribution is 5.99. The fourth-order valence-corrected chi connectivity index (χ4v) is 3.16. The Kier molecular flexibility index (Phi) is 3.63. The third-order valence-corrected chi connectivity index (χ3v) is 4.38. The van der Waals surface area contributed by atoms with Crippen molar-refractivity contribution in [2.75, 3.05) is 24.5 Å². The van der Waals surface area contributed by atoms with Crippen LogP contribution in [0.1, 0.15) is 6.92 Å². The van der Waals surface area contributed by atoms with Crippen LogP contribution in [0, 0.1) is 0 Å². The summed E-state index contributed by atoms with van der Waals surface area (Å²) in [6, 6.07) is 12.6. The number of pyridine rings is 1. The van der Waals surface area contributed by atoms with Gasteiger partial charge in [-0.25, -0.2) is 0 Å². The highest BCUT2D eigenvalue weighted by Gasteiger charge is 2.22. The Morgan fingerprint density at radius 3 is 2.78 bits per heavy atom. The second kappa shape index (κ2) is 5.93. The first-order chi connectivity index (χ1) is 11.3. The van der Waals surface area contributed by atoms with Gasteiger partial charge in [0.15, 0.2) is 5.82 Å². The molecule has 1 unspecified atom stereocenters. The van der Waals surface area contributed by atoms with Crippen LogP contribution in [0.25, 0.3) is 22.0 Å². The molecule has 1 fully saturated rings. The predicted molar refractivity (Wildman–Crippen MR) is 92.4 cm³/mol. The maximum absolute atomic E-state index is 4.58. The van der Waals surface area contributed by atoms with Gasteiger partial charge in [-0.15, -0.1) is 10.2 Å². The van der Waals surface area contributed by atoms with Gasteiger partial charge in [0.25, 0.3) is 0 Å². The summed E-state index contributed by atoms with van der Waals surface area (Å²) in [7, 11) is 0. The molecular weight excluding hydrogens is 286 g/mol. The maximum atomic E-state index is 4.58. The minimum atomic E-state index is 0.400. The van der Waals surface area contributed by atoms with E-state index < -0.39 is 0 Å². The largest absolute Gasteiger partial charge is 0.349 e. The Labute approximate surface area is 135 Å². The van der Waals surface area contributed by atoms with Crippen LogP contribution in [-0.2, 0) is 0 Å². The van der Waals surface area contributed by atoms with Crippen molar-refractivity contribution in [3.05, 3.63) is 48.8 Å². The lowest BCUT2D eigenvalue weighted by Crippen LogP contribution is -2.50. The summed E-state index contributed by atoms with van der Waals surface area (Å²) in [6.07, 6.45) is 3.72. The number of rotatable bonds is 2. The molecule has 1 aliphatic rings. The molecular formula is C18H19N5. The molecule has 2 aromatic heterocycles. The number of aromatic nitrogens is 3. The van der Waals surface area contributed by atoms with E-state index in [0.717, 1.165) is 47.5 Å². The third kappa shape index (κ3) is 2.53. The first-order valence-corrected chi connectivity index (χ1v) is 7.98. The Morgan fingerprint density at radius 2 is 1.96 bits per heavy atom. The van der Waals surface area contributed by atoms with E-state index in [-0.39, 0.29) is 0 Å². The maximum Gasteiger partial charge on any atom is 0.159 e. The van der Waals surface area contributed by atoms with Gasteiger partial charge in [-0.3, -0.25) is 4.98 Å². The number of nitrogens with one attached hydrogen (secondary N) is 1. The second-order valence-electron chi connectivity index (χ2n) is 5.91. The van der Waals surface area contributed by atoms with Crippen molar-refractivity contribution in [2.45, 2.75) is 13.0 Å². The van der Waals surface area contributed by atoms with Crippen LogP contribution in [0.2, 0.25) is 0 Å². The van der Waals surface area contributed by atoms with Gasteiger partial charge < -0.3 is 10.2 Å². The molecule has 3 heterocycles. The van der Waals surface area contributed by atoms with Gasteiger partial charge in [0.05, 0.1) is 0 Å². The molecule has 3 aromatic rings. The summed E-state index contributed by atoms with van der Waals surface area (Å²) in [5.74, 6) is 0.955. The molecule has 5 heteroatoms. The van der Waals surface area contributed by atoms with Crippen molar-refractivity contribution in [3.8, 4) is 11.3 Å². The minimum Gasteiger partial charge on any atom is -0.349 e. The van der Waals surface area contributed by atoms with E-state index in [1.807, 2.05) is 36.7 Å². The third-order valence-electron chi connectivity index (χ3n) is 4.38. The molecule has 1 N–H and O–H groups in total. The number of fused-ring (bicyclic) bond motifs is 1. The van der Waals surface area contributed by atoms with Crippen molar-refractivity contribution < 1.29 is 0 Å². The van der Waals surface area contributed by atoms with Crippen LogP contribution in [0.5, 0.6) is 0 Å². The zero-order valence-corrected chi connectivity index (χ0v) is 13.1. The number of benzene rings is 1. The lowest BCUT2D eigenvalue weighted by Gasteiger charge is -2.35. The molecule has 0 bridgehead atoms. The minimum absolute atomic E-state index is 0.400. The standard InChI is InChI=1S/C18H19N5/c1-13-11-20-9-10-23(13)18-15-7-8-19-12-16(15)17(21-22-18)14-5-3-2-4-6-14/h2-8,12-13,20H,9-11H2,1H3. The number of hydrogen-bond donors (Lipinski definition) is 1. The van der Waals surface area contributed by atoms with Crippen molar-refractivity contribution in [3.63, 3.8) is 0 Å². The van der Waals surface area contributed by atoms with Crippen LogP contribution in [0.4, 0.5) is 5.82 Å². The number of anilines is 1. The quantitative estimate of drug-likeness (QED) is 0.788. The average molecular weight is 305 g/mol. The molecule has 116 valence electrons. The fourth-order valence-electron chi connectivity index (χ4n) is 3.16. The van der Waals surface area contributed by atoms with Crippen LogP contribution < -0.4 is 10.2 Å². The molecule has 0 radical (unpaired) electrons. The molecule has 1 aromatic carbocycles. The summed E-state index contributed by atoms with van der Waals surface area (Å²) >= 11 is 0. The van der Waals surface area contributed by atoms with Gasteiger partial charge >= 0.3 is 0 Å². The number of hydrogen-bond acceptors (Lipinski definition) is 5. The summed E-state index contributed by atoms with van der Waals surface area (Å²) in [5, 5.41) is 14.7.